The number of cyclic esters (lactones) is 1. The maximum absolute atomic E-state index is 13.3. The van der Waals surface area contributed by atoms with Crippen molar-refractivity contribution in [2.45, 2.75) is 44.9 Å². The number of nitrogens with zero attached hydrogens (tertiary/aromatic N) is 2. The highest BCUT2D eigenvalue weighted by molar-refractivity contribution is 5.95. The lowest BCUT2D eigenvalue weighted by atomic mass is 9.86. The van der Waals surface area contributed by atoms with Gasteiger partial charge in [0.15, 0.2) is 5.60 Å². The van der Waals surface area contributed by atoms with E-state index in [4.69, 9.17) is 20.2 Å². The van der Waals surface area contributed by atoms with Crippen LogP contribution in [-0.4, -0.2) is 33.7 Å². The number of ether oxygens (including phenoxy) is 2. The third kappa shape index (κ3) is 3.03. The summed E-state index contributed by atoms with van der Waals surface area (Å²) in [6, 6.07) is 7.19. The molecule has 33 heavy (non-hydrogen) atoms. The molecule has 4 heterocycles. The molecule has 1 aromatic carbocycles. The van der Waals surface area contributed by atoms with Crippen LogP contribution in [0.4, 0.5) is 5.69 Å². The molecule has 2 aliphatic rings. The number of carbonyl (C=O) groups is 2. The van der Waals surface area contributed by atoms with Crippen molar-refractivity contribution in [1.29, 1.82) is 0 Å². The van der Waals surface area contributed by atoms with Crippen molar-refractivity contribution >= 4 is 28.5 Å². The van der Waals surface area contributed by atoms with Crippen LogP contribution in [0.5, 0.6) is 0 Å². The van der Waals surface area contributed by atoms with Crippen LogP contribution >= 0.6 is 0 Å². The Labute approximate surface area is 188 Å². The number of pyridine rings is 2. The van der Waals surface area contributed by atoms with E-state index in [1.807, 2.05) is 12.1 Å². The van der Waals surface area contributed by atoms with Gasteiger partial charge in [-0.1, -0.05) is 13.0 Å². The van der Waals surface area contributed by atoms with E-state index in [0.717, 1.165) is 16.5 Å². The van der Waals surface area contributed by atoms with Gasteiger partial charge in [0, 0.05) is 28.6 Å². The van der Waals surface area contributed by atoms with Gasteiger partial charge in [0.25, 0.3) is 5.56 Å². The van der Waals surface area contributed by atoms with Gasteiger partial charge < -0.3 is 24.9 Å². The number of nitrogen functional groups attached to an aromatic ring is 1. The molecular weight excluding hydrogens is 426 g/mol. The van der Waals surface area contributed by atoms with Crippen molar-refractivity contribution in [3.63, 3.8) is 0 Å². The Morgan fingerprint density at radius 1 is 1.33 bits per heavy atom. The van der Waals surface area contributed by atoms with Crippen LogP contribution in [0.1, 0.15) is 42.0 Å². The molecular formula is C24H23N3O6. The summed E-state index contributed by atoms with van der Waals surface area (Å²) < 4.78 is 11.4. The molecule has 1 atom stereocenters. The number of hydrogen-bond donors (Lipinski definition) is 2. The average Bonchev–Trinajstić information content (AvgIpc) is 3.18. The van der Waals surface area contributed by atoms with Gasteiger partial charge in [-0.25, -0.2) is 9.78 Å². The lowest BCUT2D eigenvalue weighted by Crippen LogP contribution is -2.44. The number of esters is 2. The number of rotatable bonds is 4. The lowest BCUT2D eigenvalue weighted by molar-refractivity contribution is -0.172. The van der Waals surface area contributed by atoms with Gasteiger partial charge in [-0.15, -0.1) is 0 Å². The summed E-state index contributed by atoms with van der Waals surface area (Å²) in [5.74, 6) is -1.08. The number of aliphatic hydroxyl groups is 1. The fraction of sp³-hybridized carbons (Fsp3) is 0.333. The highest BCUT2D eigenvalue weighted by atomic mass is 16.6. The summed E-state index contributed by atoms with van der Waals surface area (Å²) >= 11 is 0. The summed E-state index contributed by atoms with van der Waals surface area (Å²) in [4.78, 5) is 42.1. The summed E-state index contributed by atoms with van der Waals surface area (Å²) in [5, 5.41) is 11.7. The van der Waals surface area contributed by atoms with Crippen LogP contribution in [0.3, 0.4) is 0 Å². The minimum Gasteiger partial charge on any atom is -0.469 e. The van der Waals surface area contributed by atoms with Gasteiger partial charge in [-0.05, 0) is 36.6 Å². The number of fused-ring (bicyclic) bond motifs is 5. The number of anilines is 1. The second-order valence-corrected chi connectivity index (χ2v) is 8.39. The third-order valence-corrected chi connectivity index (χ3v) is 6.62. The fourth-order valence-corrected chi connectivity index (χ4v) is 4.68. The summed E-state index contributed by atoms with van der Waals surface area (Å²) in [6.07, 6.45) is 0.699. The molecule has 0 bridgehead atoms. The summed E-state index contributed by atoms with van der Waals surface area (Å²) in [6.45, 7) is 1.79. The highest BCUT2D eigenvalue weighted by Gasteiger charge is 2.45. The molecule has 2 aliphatic heterocycles. The first kappa shape index (κ1) is 21.1. The van der Waals surface area contributed by atoms with Gasteiger partial charge >= 0.3 is 11.9 Å². The second kappa shape index (κ2) is 7.41. The molecule has 0 unspecified atom stereocenters. The summed E-state index contributed by atoms with van der Waals surface area (Å²) in [5.41, 5.74) is 8.51. The topological polar surface area (TPSA) is 134 Å². The van der Waals surface area contributed by atoms with Crippen LogP contribution in [0.15, 0.2) is 29.1 Å². The maximum atomic E-state index is 13.3. The fourth-order valence-electron chi connectivity index (χ4n) is 4.68. The molecule has 0 amide bonds. The Morgan fingerprint density at radius 3 is 2.85 bits per heavy atom. The number of benzene rings is 1. The van der Waals surface area contributed by atoms with Crippen molar-refractivity contribution in [3.8, 4) is 11.4 Å². The Hall–Kier alpha value is -3.72. The number of hydrogen-bond acceptors (Lipinski definition) is 8. The normalized spacial score (nSPS) is 18.5. The van der Waals surface area contributed by atoms with Crippen LogP contribution in [0, 0.1) is 0 Å². The van der Waals surface area contributed by atoms with Gasteiger partial charge in [0.05, 0.1) is 36.1 Å². The molecule has 170 valence electrons. The van der Waals surface area contributed by atoms with Crippen molar-refractivity contribution in [3.05, 3.63) is 56.9 Å². The molecule has 2 aromatic heterocycles. The Kier molecular flexibility index (Phi) is 4.75. The molecule has 5 rings (SSSR count). The van der Waals surface area contributed by atoms with E-state index >= 15 is 0 Å². The van der Waals surface area contributed by atoms with Crippen LogP contribution in [0.25, 0.3) is 22.3 Å². The van der Waals surface area contributed by atoms with Crippen molar-refractivity contribution in [2.75, 3.05) is 12.8 Å². The van der Waals surface area contributed by atoms with E-state index in [2.05, 4.69) is 0 Å². The lowest BCUT2D eigenvalue weighted by Gasteiger charge is -2.31. The maximum Gasteiger partial charge on any atom is 0.343 e. The minimum absolute atomic E-state index is 0.0773. The average molecular weight is 449 g/mol. The zero-order chi connectivity index (χ0) is 23.5. The van der Waals surface area contributed by atoms with Gasteiger partial charge in [-0.2, -0.15) is 0 Å². The molecule has 0 fully saturated rings. The SMILES string of the molecule is CC[C@@]1(O)C(=O)OCc2c1cc1n(c2=O)Cc2cc3c(N)ccc(CCC(=O)OC)c3nc2-1. The van der Waals surface area contributed by atoms with Gasteiger partial charge in [-0.3, -0.25) is 9.59 Å². The van der Waals surface area contributed by atoms with E-state index in [9.17, 15) is 19.5 Å². The first-order valence-electron chi connectivity index (χ1n) is 10.7. The quantitative estimate of drug-likeness (QED) is 0.356. The van der Waals surface area contributed by atoms with Crippen molar-refractivity contribution in [1.82, 2.24) is 9.55 Å². The number of methoxy groups -OCH3 is 1. The molecule has 9 nitrogen and oxygen atoms in total. The molecule has 3 N–H and O–H groups in total. The van der Waals surface area contributed by atoms with Crippen molar-refractivity contribution in [2.24, 2.45) is 0 Å². The molecule has 0 aliphatic carbocycles. The summed E-state index contributed by atoms with van der Waals surface area (Å²) in [7, 11) is 1.34. The molecule has 9 heteroatoms. The molecule has 0 saturated heterocycles. The van der Waals surface area contributed by atoms with Crippen LogP contribution in [-0.2, 0) is 44.2 Å². The number of nitrogens with two attached hydrogens (primary N) is 1. The van der Waals surface area contributed by atoms with Crippen molar-refractivity contribution < 1.29 is 24.2 Å². The largest absolute Gasteiger partial charge is 0.469 e. The zero-order valence-corrected chi connectivity index (χ0v) is 18.3. The van der Waals surface area contributed by atoms with Gasteiger partial charge in [0.2, 0.25) is 0 Å². The first-order valence-corrected chi connectivity index (χ1v) is 10.7. The minimum atomic E-state index is -1.88. The standard InChI is InChI=1S/C24H23N3O6/c1-3-24(31)16-9-18-21-13(10-27(18)22(29)15(16)11-33-23(24)30)8-14-17(25)6-4-12(20(14)26-21)5-7-19(28)32-2/h4,6,8-9,31H,3,5,7,10-11,25H2,1-2H3/t24-/m0/s1. The van der Waals surface area contributed by atoms with Crippen LogP contribution < -0.4 is 11.3 Å². The predicted octanol–water partition coefficient (Wildman–Crippen LogP) is 1.77. The molecule has 0 radical (unpaired) electrons. The molecule has 0 spiro atoms. The number of carbonyl (C=O) groups excluding carboxylic acids is 2. The van der Waals surface area contributed by atoms with E-state index in [-0.39, 0.29) is 42.1 Å². The van der Waals surface area contributed by atoms with Crippen LogP contribution in [0.2, 0.25) is 0 Å². The van der Waals surface area contributed by atoms with E-state index in [1.165, 1.54) is 7.11 Å². The second-order valence-electron chi connectivity index (χ2n) is 8.39. The molecule has 0 saturated carbocycles. The highest BCUT2D eigenvalue weighted by Crippen LogP contribution is 2.39. The Morgan fingerprint density at radius 2 is 2.12 bits per heavy atom. The number of aromatic nitrogens is 2. The van der Waals surface area contributed by atoms with E-state index < -0.39 is 11.6 Å². The zero-order valence-electron chi connectivity index (χ0n) is 18.3. The van der Waals surface area contributed by atoms with Gasteiger partial charge in [0.1, 0.15) is 6.61 Å². The number of aryl methyl sites for hydroxylation is 1. The first-order chi connectivity index (χ1) is 15.8. The predicted molar refractivity (Wildman–Crippen MR) is 119 cm³/mol. The Bertz CT molecular complexity index is 1410. The Balaban J connectivity index is 1.71. The smallest absolute Gasteiger partial charge is 0.343 e. The third-order valence-electron chi connectivity index (χ3n) is 6.62. The molecule has 3 aromatic rings. The van der Waals surface area contributed by atoms with E-state index in [0.29, 0.717) is 35.6 Å². The monoisotopic (exact) mass is 449 g/mol. The van der Waals surface area contributed by atoms with E-state index in [1.54, 1.807) is 23.6 Å².